The van der Waals surface area contributed by atoms with Gasteiger partial charge in [0, 0.05) is 31.2 Å². The van der Waals surface area contributed by atoms with Gasteiger partial charge in [-0.3, -0.25) is 14.4 Å². The SMILES string of the molecule is O=C(CCN1CCCC[C@H]1Cn1cncn1)N1CCc2ccccc21. The molecule has 2 aliphatic heterocycles. The third kappa shape index (κ3) is 3.58. The second-order valence-corrected chi connectivity index (χ2v) is 6.98. The average molecular weight is 339 g/mol. The molecule has 132 valence electrons. The summed E-state index contributed by atoms with van der Waals surface area (Å²) in [5.41, 5.74) is 2.39. The van der Waals surface area contributed by atoms with Gasteiger partial charge in [-0.05, 0) is 37.4 Å². The van der Waals surface area contributed by atoms with Crippen LogP contribution in [0.2, 0.25) is 0 Å². The largest absolute Gasteiger partial charge is 0.312 e. The third-order valence-corrected chi connectivity index (χ3v) is 5.41. The minimum Gasteiger partial charge on any atom is -0.312 e. The van der Waals surface area contributed by atoms with Gasteiger partial charge in [-0.15, -0.1) is 0 Å². The van der Waals surface area contributed by atoms with Crippen LogP contribution in [-0.4, -0.2) is 51.2 Å². The number of carbonyl (C=O) groups excluding carboxylic acids is 1. The Bertz CT molecular complexity index is 714. The summed E-state index contributed by atoms with van der Waals surface area (Å²) in [5, 5.41) is 4.23. The number of anilines is 1. The molecule has 0 N–H and O–H groups in total. The van der Waals surface area contributed by atoms with Crippen LogP contribution in [-0.2, 0) is 17.8 Å². The van der Waals surface area contributed by atoms with Crippen molar-refractivity contribution in [3.63, 3.8) is 0 Å². The summed E-state index contributed by atoms with van der Waals surface area (Å²) < 4.78 is 1.90. The lowest BCUT2D eigenvalue weighted by Crippen LogP contribution is -2.44. The molecule has 25 heavy (non-hydrogen) atoms. The number of amides is 1. The topological polar surface area (TPSA) is 54.3 Å². The van der Waals surface area contributed by atoms with Gasteiger partial charge in [-0.25, -0.2) is 4.98 Å². The molecule has 6 nitrogen and oxygen atoms in total. The van der Waals surface area contributed by atoms with Gasteiger partial charge in [0.15, 0.2) is 0 Å². The van der Waals surface area contributed by atoms with Gasteiger partial charge in [0.1, 0.15) is 12.7 Å². The first-order valence-electron chi connectivity index (χ1n) is 9.26. The number of nitrogens with zero attached hydrogens (tertiary/aromatic N) is 5. The van der Waals surface area contributed by atoms with Crippen molar-refractivity contribution in [3.8, 4) is 0 Å². The fraction of sp³-hybridized carbons (Fsp3) is 0.526. The molecule has 1 saturated heterocycles. The lowest BCUT2D eigenvalue weighted by Gasteiger charge is -2.35. The highest BCUT2D eigenvalue weighted by Gasteiger charge is 2.27. The number of para-hydroxylation sites is 1. The van der Waals surface area contributed by atoms with E-state index < -0.39 is 0 Å². The van der Waals surface area contributed by atoms with E-state index in [1.165, 1.54) is 24.8 Å². The molecule has 0 radical (unpaired) electrons. The Balaban J connectivity index is 1.35. The first-order chi connectivity index (χ1) is 12.3. The van der Waals surface area contributed by atoms with Crippen LogP contribution in [0.3, 0.4) is 0 Å². The summed E-state index contributed by atoms with van der Waals surface area (Å²) in [6, 6.07) is 8.71. The Labute approximate surface area is 148 Å². The minimum absolute atomic E-state index is 0.245. The van der Waals surface area contributed by atoms with Crippen molar-refractivity contribution in [1.82, 2.24) is 19.7 Å². The molecule has 6 heteroatoms. The zero-order valence-corrected chi connectivity index (χ0v) is 14.5. The summed E-state index contributed by atoms with van der Waals surface area (Å²) in [4.78, 5) is 21.2. The molecule has 1 aromatic carbocycles. The maximum atomic E-state index is 12.7. The summed E-state index contributed by atoms with van der Waals surface area (Å²) in [6.07, 6.45) is 8.56. The lowest BCUT2D eigenvalue weighted by atomic mass is 10.0. The number of carbonyl (C=O) groups is 1. The quantitative estimate of drug-likeness (QED) is 0.837. The number of benzene rings is 1. The van der Waals surface area contributed by atoms with Crippen LogP contribution in [0.15, 0.2) is 36.9 Å². The zero-order chi connectivity index (χ0) is 17.1. The van der Waals surface area contributed by atoms with Crippen LogP contribution in [0, 0.1) is 0 Å². The molecule has 0 bridgehead atoms. The van der Waals surface area contributed by atoms with Crippen molar-refractivity contribution >= 4 is 11.6 Å². The molecule has 0 aliphatic carbocycles. The van der Waals surface area contributed by atoms with E-state index in [0.29, 0.717) is 12.5 Å². The highest BCUT2D eigenvalue weighted by Crippen LogP contribution is 2.28. The van der Waals surface area contributed by atoms with Crippen LogP contribution in [0.25, 0.3) is 0 Å². The molecular formula is C19H25N5O. The van der Waals surface area contributed by atoms with E-state index >= 15 is 0 Å². The van der Waals surface area contributed by atoms with Crippen LogP contribution < -0.4 is 4.90 Å². The number of rotatable bonds is 5. The molecule has 2 aromatic rings. The van der Waals surface area contributed by atoms with E-state index in [-0.39, 0.29) is 5.91 Å². The van der Waals surface area contributed by atoms with Crippen molar-refractivity contribution in [2.45, 2.75) is 44.7 Å². The fourth-order valence-corrected chi connectivity index (χ4v) is 4.08. The zero-order valence-electron chi connectivity index (χ0n) is 14.5. The smallest absolute Gasteiger partial charge is 0.228 e. The van der Waals surface area contributed by atoms with E-state index in [1.54, 1.807) is 12.7 Å². The Morgan fingerprint density at radius 3 is 3.00 bits per heavy atom. The van der Waals surface area contributed by atoms with Crippen LogP contribution in [0.1, 0.15) is 31.2 Å². The van der Waals surface area contributed by atoms with Crippen molar-refractivity contribution in [1.29, 1.82) is 0 Å². The number of hydrogen-bond donors (Lipinski definition) is 0. The van der Waals surface area contributed by atoms with Gasteiger partial charge < -0.3 is 4.90 Å². The van der Waals surface area contributed by atoms with E-state index in [9.17, 15) is 4.79 Å². The number of aromatic nitrogens is 3. The highest BCUT2D eigenvalue weighted by atomic mass is 16.2. The van der Waals surface area contributed by atoms with Crippen LogP contribution >= 0.6 is 0 Å². The fourth-order valence-electron chi connectivity index (χ4n) is 4.08. The molecule has 1 amide bonds. The summed E-state index contributed by atoms with van der Waals surface area (Å²) in [7, 11) is 0. The van der Waals surface area contributed by atoms with Crippen molar-refractivity contribution < 1.29 is 4.79 Å². The standard InChI is InChI=1S/C19H25N5O/c25-19(24-12-8-16-5-1-2-7-18(16)24)9-11-22-10-4-3-6-17(22)13-23-15-20-14-21-23/h1-2,5,7,14-15,17H,3-4,6,8-13H2/t17-/m0/s1. The molecule has 1 aromatic heterocycles. The van der Waals surface area contributed by atoms with Crippen molar-refractivity contribution in [2.75, 3.05) is 24.5 Å². The third-order valence-electron chi connectivity index (χ3n) is 5.41. The van der Waals surface area contributed by atoms with E-state index in [0.717, 1.165) is 38.3 Å². The van der Waals surface area contributed by atoms with Crippen LogP contribution in [0.5, 0.6) is 0 Å². The molecule has 1 atom stereocenters. The monoisotopic (exact) mass is 339 g/mol. The molecular weight excluding hydrogens is 314 g/mol. The van der Waals surface area contributed by atoms with E-state index in [2.05, 4.69) is 33.2 Å². The second-order valence-electron chi connectivity index (χ2n) is 6.98. The highest BCUT2D eigenvalue weighted by molar-refractivity contribution is 5.95. The maximum Gasteiger partial charge on any atom is 0.228 e. The predicted octanol–water partition coefficient (Wildman–Crippen LogP) is 2.11. The Morgan fingerprint density at radius 1 is 1.20 bits per heavy atom. The van der Waals surface area contributed by atoms with Crippen LogP contribution in [0.4, 0.5) is 5.69 Å². The van der Waals surface area contributed by atoms with Crippen molar-refractivity contribution in [3.05, 3.63) is 42.5 Å². The summed E-state index contributed by atoms with van der Waals surface area (Å²) in [6.45, 7) is 3.58. The molecule has 0 unspecified atom stereocenters. The number of likely N-dealkylation sites (tertiary alicyclic amines) is 1. The molecule has 0 saturated carbocycles. The molecule has 0 spiro atoms. The van der Waals surface area contributed by atoms with E-state index in [1.807, 2.05) is 15.6 Å². The Morgan fingerprint density at radius 2 is 2.12 bits per heavy atom. The lowest BCUT2D eigenvalue weighted by molar-refractivity contribution is -0.119. The molecule has 1 fully saturated rings. The molecule has 2 aliphatic rings. The predicted molar refractivity (Wildman–Crippen MR) is 96.4 cm³/mol. The van der Waals surface area contributed by atoms with Gasteiger partial charge in [-0.1, -0.05) is 24.6 Å². The average Bonchev–Trinajstić information content (AvgIpc) is 3.30. The first-order valence-corrected chi connectivity index (χ1v) is 9.26. The number of piperidine rings is 1. The summed E-state index contributed by atoms with van der Waals surface area (Å²) in [5.74, 6) is 0.245. The Kier molecular flexibility index (Phi) is 4.78. The van der Waals surface area contributed by atoms with E-state index in [4.69, 9.17) is 0 Å². The normalized spacial score (nSPS) is 20.6. The Hall–Kier alpha value is -2.21. The molecule has 3 heterocycles. The maximum absolute atomic E-state index is 12.7. The first kappa shape index (κ1) is 16.3. The molecule has 4 rings (SSSR count). The van der Waals surface area contributed by atoms with Gasteiger partial charge in [0.2, 0.25) is 5.91 Å². The second kappa shape index (κ2) is 7.35. The van der Waals surface area contributed by atoms with Gasteiger partial charge in [0.05, 0.1) is 6.54 Å². The number of fused-ring (bicyclic) bond motifs is 1. The summed E-state index contributed by atoms with van der Waals surface area (Å²) >= 11 is 0. The van der Waals surface area contributed by atoms with Crippen molar-refractivity contribution in [2.24, 2.45) is 0 Å². The minimum atomic E-state index is 0.245. The number of hydrogen-bond acceptors (Lipinski definition) is 4. The van der Waals surface area contributed by atoms with Gasteiger partial charge in [0.25, 0.3) is 0 Å². The van der Waals surface area contributed by atoms with Gasteiger partial charge >= 0.3 is 0 Å². The van der Waals surface area contributed by atoms with Gasteiger partial charge in [-0.2, -0.15) is 5.10 Å².